The van der Waals surface area contributed by atoms with E-state index in [-0.39, 0.29) is 11.9 Å². The van der Waals surface area contributed by atoms with Crippen LogP contribution in [0.15, 0.2) is 42.6 Å². The van der Waals surface area contributed by atoms with E-state index in [2.05, 4.69) is 10.3 Å². The van der Waals surface area contributed by atoms with E-state index in [0.29, 0.717) is 49.9 Å². The highest BCUT2D eigenvalue weighted by Crippen LogP contribution is 2.30. The Morgan fingerprint density at radius 3 is 2.59 bits per heavy atom. The van der Waals surface area contributed by atoms with Crippen molar-refractivity contribution in [2.75, 3.05) is 38.3 Å². The standard InChI is InChI=1S/C20H22F3N3O3/c1-28-10-11-29-17-5-2-14(3-6-17)19(27)25-16-8-9-26(13-16)18-7-4-15(12-24-18)20(21,22)23/h2-7,12,16H,8-11,13H2,1H3,(H,25,27). The van der Waals surface area contributed by atoms with Crippen molar-refractivity contribution in [3.05, 3.63) is 53.7 Å². The Hall–Kier alpha value is -2.81. The number of aromatic nitrogens is 1. The lowest BCUT2D eigenvalue weighted by molar-refractivity contribution is -0.137. The van der Waals surface area contributed by atoms with E-state index in [1.54, 1.807) is 31.4 Å². The van der Waals surface area contributed by atoms with Gasteiger partial charge in [0.2, 0.25) is 0 Å². The molecule has 29 heavy (non-hydrogen) atoms. The van der Waals surface area contributed by atoms with E-state index in [1.807, 2.05) is 4.90 Å². The van der Waals surface area contributed by atoms with Crippen LogP contribution in [0.25, 0.3) is 0 Å². The van der Waals surface area contributed by atoms with Crippen LogP contribution in [0.2, 0.25) is 0 Å². The number of methoxy groups -OCH3 is 1. The van der Waals surface area contributed by atoms with Gasteiger partial charge in [0.1, 0.15) is 18.2 Å². The summed E-state index contributed by atoms with van der Waals surface area (Å²) in [5.41, 5.74) is -0.268. The third-order valence-electron chi connectivity index (χ3n) is 4.60. The molecule has 1 aliphatic heterocycles. The molecule has 1 aromatic heterocycles. The molecule has 0 bridgehead atoms. The van der Waals surface area contributed by atoms with E-state index in [9.17, 15) is 18.0 Å². The van der Waals surface area contributed by atoms with Gasteiger partial charge < -0.3 is 19.7 Å². The van der Waals surface area contributed by atoms with Crippen molar-refractivity contribution in [1.29, 1.82) is 0 Å². The summed E-state index contributed by atoms with van der Waals surface area (Å²) < 4.78 is 48.3. The summed E-state index contributed by atoms with van der Waals surface area (Å²) in [6, 6.07) is 9.07. The number of anilines is 1. The van der Waals surface area contributed by atoms with Crippen LogP contribution in [-0.2, 0) is 10.9 Å². The van der Waals surface area contributed by atoms with Gasteiger partial charge in [-0.15, -0.1) is 0 Å². The molecule has 6 nitrogen and oxygen atoms in total. The maximum atomic E-state index is 12.7. The summed E-state index contributed by atoms with van der Waals surface area (Å²) in [6.07, 6.45) is -2.89. The SMILES string of the molecule is COCCOc1ccc(C(=O)NC2CCN(c3ccc(C(F)(F)F)cn3)C2)cc1. The van der Waals surface area contributed by atoms with Gasteiger partial charge in [-0.1, -0.05) is 0 Å². The zero-order chi connectivity index (χ0) is 20.9. The fourth-order valence-corrected chi connectivity index (χ4v) is 3.04. The topological polar surface area (TPSA) is 63.7 Å². The minimum Gasteiger partial charge on any atom is -0.491 e. The quantitative estimate of drug-likeness (QED) is 0.712. The fourth-order valence-electron chi connectivity index (χ4n) is 3.04. The molecule has 1 amide bonds. The molecule has 0 radical (unpaired) electrons. The molecule has 1 fully saturated rings. The molecule has 0 saturated carbocycles. The molecule has 1 aliphatic rings. The molecule has 1 atom stereocenters. The average molecular weight is 409 g/mol. The Bertz CT molecular complexity index is 810. The second-order valence-electron chi connectivity index (χ2n) is 6.67. The first-order valence-electron chi connectivity index (χ1n) is 9.17. The highest BCUT2D eigenvalue weighted by molar-refractivity contribution is 5.94. The maximum Gasteiger partial charge on any atom is 0.417 e. The molecule has 2 aromatic rings. The summed E-state index contributed by atoms with van der Waals surface area (Å²) in [5, 5.41) is 2.95. The highest BCUT2D eigenvalue weighted by atomic mass is 19.4. The Labute approximate surface area is 166 Å². The highest BCUT2D eigenvalue weighted by Gasteiger charge is 2.31. The van der Waals surface area contributed by atoms with Gasteiger partial charge in [-0.3, -0.25) is 4.79 Å². The van der Waals surface area contributed by atoms with Crippen LogP contribution in [0.3, 0.4) is 0 Å². The van der Waals surface area contributed by atoms with Gasteiger partial charge in [-0.2, -0.15) is 13.2 Å². The van der Waals surface area contributed by atoms with Crippen molar-refractivity contribution in [3.63, 3.8) is 0 Å². The predicted molar refractivity (Wildman–Crippen MR) is 101 cm³/mol. The average Bonchev–Trinajstić information content (AvgIpc) is 3.16. The summed E-state index contributed by atoms with van der Waals surface area (Å²) in [4.78, 5) is 18.2. The molecular weight excluding hydrogens is 387 g/mol. The van der Waals surface area contributed by atoms with Crippen molar-refractivity contribution in [2.24, 2.45) is 0 Å². The number of hydrogen-bond acceptors (Lipinski definition) is 5. The van der Waals surface area contributed by atoms with Crippen LogP contribution in [-0.4, -0.2) is 50.3 Å². The first-order valence-corrected chi connectivity index (χ1v) is 9.17. The number of ether oxygens (including phenoxy) is 2. The minimum atomic E-state index is -4.41. The summed E-state index contributed by atoms with van der Waals surface area (Å²) >= 11 is 0. The molecule has 3 rings (SSSR count). The van der Waals surface area contributed by atoms with Crippen LogP contribution in [0.1, 0.15) is 22.3 Å². The van der Waals surface area contributed by atoms with Gasteiger partial charge in [-0.25, -0.2) is 4.98 Å². The van der Waals surface area contributed by atoms with E-state index < -0.39 is 11.7 Å². The lowest BCUT2D eigenvalue weighted by atomic mass is 10.2. The number of pyridine rings is 1. The molecule has 156 valence electrons. The number of benzene rings is 1. The van der Waals surface area contributed by atoms with Gasteiger partial charge in [0.25, 0.3) is 5.91 Å². The van der Waals surface area contributed by atoms with Gasteiger partial charge in [-0.05, 0) is 42.8 Å². The van der Waals surface area contributed by atoms with Gasteiger partial charge >= 0.3 is 6.18 Å². The number of nitrogens with zero attached hydrogens (tertiary/aromatic N) is 2. The number of carbonyl (C=O) groups is 1. The fraction of sp³-hybridized carbons (Fsp3) is 0.400. The zero-order valence-electron chi connectivity index (χ0n) is 15.9. The Morgan fingerprint density at radius 2 is 1.97 bits per heavy atom. The summed E-state index contributed by atoms with van der Waals surface area (Å²) in [7, 11) is 1.59. The van der Waals surface area contributed by atoms with Gasteiger partial charge in [0.15, 0.2) is 0 Å². The second-order valence-corrected chi connectivity index (χ2v) is 6.67. The Morgan fingerprint density at radius 1 is 1.21 bits per heavy atom. The minimum absolute atomic E-state index is 0.107. The number of carbonyl (C=O) groups excluding carboxylic acids is 1. The van der Waals surface area contributed by atoms with Crippen LogP contribution in [0, 0.1) is 0 Å². The van der Waals surface area contributed by atoms with Crippen LogP contribution in [0.5, 0.6) is 5.75 Å². The second kappa shape index (κ2) is 9.13. The first-order chi connectivity index (χ1) is 13.9. The number of hydrogen-bond donors (Lipinski definition) is 1. The molecule has 1 aromatic carbocycles. The number of nitrogens with one attached hydrogen (secondary N) is 1. The van der Waals surface area contributed by atoms with Crippen molar-refractivity contribution in [3.8, 4) is 5.75 Å². The number of amides is 1. The Kier molecular flexibility index (Phi) is 6.58. The lowest BCUT2D eigenvalue weighted by Crippen LogP contribution is -2.37. The predicted octanol–water partition coefficient (Wildman–Crippen LogP) is 3.13. The largest absolute Gasteiger partial charge is 0.491 e. The zero-order valence-corrected chi connectivity index (χ0v) is 15.9. The molecule has 0 aliphatic carbocycles. The van der Waals surface area contributed by atoms with E-state index in [1.165, 1.54) is 6.07 Å². The molecule has 1 unspecified atom stereocenters. The smallest absolute Gasteiger partial charge is 0.417 e. The van der Waals surface area contributed by atoms with Crippen LogP contribution < -0.4 is 15.0 Å². The van der Waals surface area contributed by atoms with Crippen molar-refractivity contribution in [2.45, 2.75) is 18.6 Å². The molecule has 2 heterocycles. The number of rotatable bonds is 7. The van der Waals surface area contributed by atoms with Gasteiger partial charge in [0.05, 0.1) is 12.2 Å². The van der Waals surface area contributed by atoms with Crippen molar-refractivity contribution < 1.29 is 27.4 Å². The molecule has 1 N–H and O–H groups in total. The summed E-state index contributed by atoms with van der Waals surface area (Å²) in [5.74, 6) is 0.909. The first kappa shape index (κ1) is 20.9. The third-order valence-corrected chi connectivity index (χ3v) is 4.60. The Balaban J connectivity index is 1.52. The molecule has 0 spiro atoms. The van der Waals surface area contributed by atoms with Crippen LogP contribution in [0.4, 0.5) is 19.0 Å². The molecule has 1 saturated heterocycles. The molecule has 9 heteroatoms. The maximum absolute atomic E-state index is 12.7. The van der Waals surface area contributed by atoms with E-state index in [4.69, 9.17) is 9.47 Å². The van der Waals surface area contributed by atoms with Crippen molar-refractivity contribution >= 4 is 11.7 Å². The third kappa shape index (κ3) is 5.60. The number of alkyl halides is 3. The van der Waals surface area contributed by atoms with Crippen LogP contribution >= 0.6 is 0 Å². The monoisotopic (exact) mass is 409 g/mol. The summed E-state index contributed by atoms with van der Waals surface area (Å²) in [6.45, 7) is 2.00. The van der Waals surface area contributed by atoms with E-state index in [0.717, 1.165) is 12.3 Å². The van der Waals surface area contributed by atoms with Gasteiger partial charge in [0, 0.05) is 38.0 Å². The normalized spacial score (nSPS) is 16.7. The number of halogens is 3. The molecular formula is C20H22F3N3O3. The lowest BCUT2D eigenvalue weighted by Gasteiger charge is -2.18. The van der Waals surface area contributed by atoms with Crippen molar-refractivity contribution in [1.82, 2.24) is 10.3 Å². The van der Waals surface area contributed by atoms with E-state index >= 15 is 0 Å².